The number of piperazine rings is 1. The molecule has 206 valence electrons. The summed E-state index contributed by atoms with van der Waals surface area (Å²) in [6.45, 7) is 5.39. The maximum absolute atomic E-state index is 14.1. The predicted octanol–water partition coefficient (Wildman–Crippen LogP) is 1.99. The third-order valence-electron chi connectivity index (χ3n) is 8.86. The van der Waals surface area contributed by atoms with Crippen LogP contribution in [-0.4, -0.2) is 95.2 Å². The van der Waals surface area contributed by atoms with Gasteiger partial charge in [-0.05, 0) is 46.0 Å². The molecule has 2 N–H and O–H groups in total. The van der Waals surface area contributed by atoms with Crippen LogP contribution in [0.4, 0.5) is 19.0 Å². The number of methoxy groups -OCH3 is 1. The molecule has 1 amide bonds. The molecule has 0 aromatic carbocycles. The molecule has 1 aliphatic carbocycles. The number of ether oxygens (including phenoxy) is 2. The first kappa shape index (κ1) is 26.6. The largest absolute Gasteiger partial charge is 0.434 e. The molecule has 1 aromatic heterocycles. The van der Waals surface area contributed by atoms with Crippen molar-refractivity contribution < 1.29 is 32.5 Å². The fourth-order valence-electron chi connectivity index (χ4n) is 6.74. The van der Waals surface area contributed by atoms with Gasteiger partial charge in [0, 0.05) is 38.9 Å². The number of hydrogen-bond donors (Lipinski definition) is 2. The second-order valence-electron chi connectivity index (χ2n) is 11.4. The van der Waals surface area contributed by atoms with Crippen molar-refractivity contribution in [2.24, 2.45) is 5.41 Å². The monoisotopic (exact) mass is 527 g/mol. The lowest BCUT2D eigenvalue weighted by atomic mass is 9.70. The Morgan fingerprint density at radius 1 is 1.24 bits per heavy atom. The SMILES string of the molecule is CO[C@@H]1COCC[C@@H]1N[C@@H]1CC[C@@](C(=O)N2C[C@H]3C[C@@H]2CN3c2cncc(C(F)(F)F)n2)(C(C)(C)O)C1. The molecule has 0 radical (unpaired) electrons. The quantitative estimate of drug-likeness (QED) is 0.580. The lowest BCUT2D eigenvalue weighted by Gasteiger charge is -2.45. The summed E-state index contributed by atoms with van der Waals surface area (Å²) in [6, 6.07) is -0.0896. The van der Waals surface area contributed by atoms with E-state index in [0.717, 1.165) is 19.0 Å². The third-order valence-corrected chi connectivity index (χ3v) is 8.86. The highest BCUT2D eigenvalue weighted by atomic mass is 19.4. The van der Waals surface area contributed by atoms with E-state index in [2.05, 4.69) is 15.3 Å². The van der Waals surface area contributed by atoms with Gasteiger partial charge in [0.05, 0.1) is 48.2 Å². The van der Waals surface area contributed by atoms with Crippen molar-refractivity contribution in [2.45, 2.75) is 88.0 Å². The zero-order chi connectivity index (χ0) is 26.6. The molecule has 12 heteroatoms. The van der Waals surface area contributed by atoms with Crippen molar-refractivity contribution >= 4 is 11.7 Å². The Kier molecular flexibility index (Phi) is 6.91. The van der Waals surface area contributed by atoms with Gasteiger partial charge < -0.3 is 29.7 Å². The first-order valence-electron chi connectivity index (χ1n) is 13.0. The second-order valence-corrected chi connectivity index (χ2v) is 11.4. The van der Waals surface area contributed by atoms with E-state index in [1.807, 2.05) is 9.80 Å². The van der Waals surface area contributed by atoms with Gasteiger partial charge in [0.2, 0.25) is 5.91 Å². The molecule has 5 rings (SSSR count). The van der Waals surface area contributed by atoms with E-state index in [-0.39, 0.29) is 42.0 Å². The van der Waals surface area contributed by atoms with E-state index < -0.39 is 22.9 Å². The first-order chi connectivity index (χ1) is 17.4. The summed E-state index contributed by atoms with van der Waals surface area (Å²) in [4.78, 5) is 25.3. The molecular weight excluding hydrogens is 491 g/mol. The average molecular weight is 528 g/mol. The molecule has 0 unspecified atom stereocenters. The van der Waals surface area contributed by atoms with Crippen molar-refractivity contribution in [2.75, 3.05) is 38.3 Å². The molecule has 3 aliphatic heterocycles. The Balaban J connectivity index is 1.29. The molecule has 1 saturated carbocycles. The van der Waals surface area contributed by atoms with Crippen molar-refractivity contribution in [3.8, 4) is 0 Å². The number of carbonyl (C=O) groups is 1. The molecule has 9 nitrogen and oxygen atoms in total. The van der Waals surface area contributed by atoms with Crippen molar-refractivity contribution in [1.29, 1.82) is 0 Å². The van der Waals surface area contributed by atoms with Crippen LogP contribution >= 0.6 is 0 Å². The number of rotatable bonds is 6. The molecule has 1 aromatic rings. The number of likely N-dealkylation sites (tertiary alicyclic amines) is 1. The van der Waals surface area contributed by atoms with E-state index in [4.69, 9.17) is 9.47 Å². The number of amides is 1. The molecular formula is C25H36F3N5O4. The van der Waals surface area contributed by atoms with Crippen LogP contribution in [-0.2, 0) is 20.4 Å². The van der Waals surface area contributed by atoms with Crippen LogP contribution in [0.1, 0.15) is 51.6 Å². The van der Waals surface area contributed by atoms with Gasteiger partial charge in [0.1, 0.15) is 5.82 Å². The Bertz CT molecular complexity index is 1010. The molecule has 4 fully saturated rings. The van der Waals surface area contributed by atoms with Gasteiger partial charge in [0.15, 0.2) is 5.69 Å². The van der Waals surface area contributed by atoms with Crippen LogP contribution in [0.3, 0.4) is 0 Å². The smallest absolute Gasteiger partial charge is 0.389 e. The number of halogens is 3. The zero-order valence-electron chi connectivity index (χ0n) is 21.5. The summed E-state index contributed by atoms with van der Waals surface area (Å²) in [6.07, 6.45) is 0.762. The van der Waals surface area contributed by atoms with Crippen LogP contribution in [0.2, 0.25) is 0 Å². The summed E-state index contributed by atoms with van der Waals surface area (Å²) < 4.78 is 50.5. The topological polar surface area (TPSA) is 100 Å². The first-order valence-corrected chi connectivity index (χ1v) is 13.0. The normalized spacial score (nSPS) is 34.4. The summed E-state index contributed by atoms with van der Waals surface area (Å²) in [5, 5.41) is 14.9. The lowest BCUT2D eigenvalue weighted by Crippen LogP contribution is -2.59. The number of fused-ring (bicyclic) bond motifs is 2. The molecule has 4 heterocycles. The summed E-state index contributed by atoms with van der Waals surface area (Å²) in [5.74, 6) is 0.114. The minimum absolute atomic E-state index is 0.0548. The van der Waals surface area contributed by atoms with Crippen LogP contribution < -0.4 is 10.2 Å². The number of anilines is 1. The highest BCUT2D eigenvalue weighted by Gasteiger charge is 2.59. The summed E-state index contributed by atoms with van der Waals surface area (Å²) in [5.41, 5.74) is -3.19. The van der Waals surface area contributed by atoms with Crippen molar-refractivity contribution in [3.05, 3.63) is 18.1 Å². The van der Waals surface area contributed by atoms with Gasteiger partial charge in [-0.2, -0.15) is 13.2 Å². The molecule has 6 atom stereocenters. The number of hydrogen-bond acceptors (Lipinski definition) is 8. The molecule has 37 heavy (non-hydrogen) atoms. The molecule has 3 saturated heterocycles. The number of nitrogens with zero attached hydrogens (tertiary/aromatic N) is 4. The highest BCUT2D eigenvalue weighted by Crippen LogP contribution is 2.50. The average Bonchev–Trinajstić information content (AvgIpc) is 3.58. The van der Waals surface area contributed by atoms with E-state index >= 15 is 0 Å². The van der Waals surface area contributed by atoms with Gasteiger partial charge in [0.25, 0.3) is 0 Å². The molecule has 4 aliphatic rings. The zero-order valence-corrected chi connectivity index (χ0v) is 21.5. The number of aliphatic hydroxyl groups is 1. The summed E-state index contributed by atoms with van der Waals surface area (Å²) in [7, 11) is 1.67. The minimum Gasteiger partial charge on any atom is -0.389 e. The minimum atomic E-state index is -4.57. The Morgan fingerprint density at radius 2 is 2.03 bits per heavy atom. The number of aromatic nitrogens is 2. The Hall–Kier alpha value is -2.02. The molecule has 0 spiro atoms. The van der Waals surface area contributed by atoms with E-state index in [1.165, 1.54) is 6.20 Å². The maximum atomic E-state index is 14.1. The number of alkyl halides is 3. The maximum Gasteiger partial charge on any atom is 0.434 e. The van der Waals surface area contributed by atoms with Gasteiger partial charge in [-0.1, -0.05) is 0 Å². The van der Waals surface area contributed by atoms with Gasteiger partial charge >= 0.3 is 6.18 Å². The van der Waals surface area contributed by atoms with Gasteiger partial charge in [-0.3, -0.25) is 9.78 Å². The fraction of sp³-hybridized carbons (Fsp3) is 0.800. The van der Waals surface area contributed by atoms with E-state index in [1.54, 1.807) is 21.0 Å². The summed E-state index contributed by atoms with van der Waals surface area (Å²) >= 11 is 0. The standard InChI is InChI=1S/C25H36F3N5O4/c1-23(2,35)24(6-4-15(9-24)30-18-5-7-37-14-19(18)36-3)22(34)33-13-16-8-17(33)12-32(16)21-11-29-10-20(31-21)25(26,27)28/h10-11,15-19,30,35H,4-9,12-14H2,1-3H3/t15-,16-,17-,18+,19-,24-/m1/s1. The van der Waals surface area contributed by atoms with Crippen molar-refractivity contribution in [3.63, 3.8) is 0 Å². The van der Waals surface area contributed by atoms with Crippen LogP contribution in [0, 0.1) is 5.41 Å². The highest BCUT2D eigenvalue weighted by molar-refractivity contribution is 5.85. The van der Waals surface area contributed by atoms with Crippen LogP contribution in [0.5, 0.6) is 0 Å². The second kappa shape index (κ2) is 9.62. The van der Waals surface area contributed by atoms with Crippen molar-refractivity contribution in [1.82, 2.24) is 20.2 Å². The molecule has 2 bridgehead atoms. The fourth-order valence-corrected chi connectivity index (χ4v) is 6.74. The van der Waals surface area contributed by atoms with Gasteiger partial charge in [-0.15, -0.1) is 0 Å². The van der Waals surface area contributed by atoms with E-state index in [9.17, 15) is 23.1 Å². The van der Waals surface area contributed by atoms with Gasteiger partial charge in [-0.25, -0.2) is 4.98 Å². The van der Waals surface area contributed by atoms with Crippen LogP contribution in [0.15, 0.2) is 12.4 Å². The Morgan fingerprint density at radius 3 is 2.68 bits per heavy atom. The predicted molar refractivity (Wildman–Crippen MR) is 128 cm³/mol. The lowest BCUT2D eigenvalue weighted by molar-refractivity contribution is -0.159. The number of carbonyl (C=O) groups excluding carboxylic acids is 1. The number of nitrogens with one attached hydrogen (secondary N) is 1. The third kappa shape index (κ3) is 4.81. The van der Waals surface area contributed by atoms with Crippen LogP contribution in [0.25, 0.3) is 0 Å². The van der Waals surface area contributed by atoms with E-state index in [0.29, 0.717) is 45.6 Å². The Labute approximate surface area is 214 Å².